The van der Waals surface area contributed by atoms with Crippen molar-refractivity contribution < 1.29 is 9.47 Å². The van der Waals surface area contributed by atoms with Crippen LogP contribution in [0.3, 0.4) is 0 Å². The summed E-state index contributed by atoms with van der Waals surface area (Å²) in [5.74, 6) is 1.22. The highest BCUT2D eigenvalue weighted by molar-refractivity contribution is 5.74. The van der Waals surface area contributed by atoms with Crippen LogP contribution in [0.1, 0.15) is 22.4 Å². The molecule has 2 aromatic rings. The number of nitrogens with zero attached hydrogens (tertiary/aromatic N) is 2. The number of nitriles is 1. The summed E-state index contributed by atoms with van der Waals surface area (Å²) in [6.07, 6.45) is 3.50. The van der Waals surface area contributed by atoms with E-state index in [2.05, 4.69) is 10.2 Å². The number of hydrogen-bond donors (Lipinski definition) is 1. The highest BCUT2D eigenvalue weighted by Crippen LogP contribution is 2.31. The Hall–Kier alpha value is -3.07. The molecule has 1 heterocycles. The summed E-state index contributed by atoms with van der Waals surface area (Å²) >= 11 is 0. The number of para-hydroxylation sites is 1. The normalized spacial score (nSPS) is 10.5. The van der Waals surface area contributed by atoms with Crippen molar-refractivity contribution in [3.63, 3.8) is 0 Å². The maximum absolute atomic E-state index is 11.5. The van der Waals surface area contributed by atoms with Crippen molar-refractivity contribution in [2.75, 3.05) is 14.2 Å². The summed E-state index contributed by atoms with van der Waals surface area (Å²) in [6.45, 7) is 1.68. The molecule has 0 fully saturated rings. The van der Waals surface area contributed by atoms with Gasteiger partial charge in [0.1, 0.15) is 11.6 Å². The first-order valence-corrected chi connectivity index (χ1v) is 6.50. The average molecular weight is 297 g/mol. The second kappa shape index (κ2) is 6.59. The third-order valence-electron chi connectivity index (χ3n) is 3.23. The van der Waals surface area contributed by atoms with Crippen molar-refractivity contribution >= 4 is 12.2 Å². The minimum Gasteiger partial charge on any atom is -0.493 e. The Morgan fingerprint density at radius 3 is 2.68 bits per heavy atom. The SMILES string of the molecule is COc1cccc(/C=C/c2n[nH]c(=O)c(C#N)c2C)c1OC. The number of aromatic nitrogens is 2. The second-order valence-corrected chi connectivity index (χ2v) is 4.47. The molecule has 0 aliphatic heterocycles. The van der Waals surface area contributed by atoms with E-state index < -0.39 is 5.56 Å². The summed E-state index contributed by atoms with van der Waals surface area (Å²) in [4.78, 5) is 11.5. The van der Waals surface area contributed by atoms with Gasteiger partial charge in [-0.1, -0.05) is 12.1 Å². The molecule has 1 aromatic carbocycles. The molecule has 1 aromatic heterocycles. The Morgan fingerprint density at radius 1 is 1.27 bits per heavy atom. The van der Waals surface area contributed by atoms with E-state index in [1.54, 1.807) is 39.4 Å². The van der Waals surface area contributed by atoms with Crippen molar-refractivity contribution in [1.82, 2.24) is 10.2 Å². The van der Waals surface area contributed by atoms with Gasteiger partial charge in [0.25, 0.3) is 5.56 Å². The van der Waals surface area contributed by atoms with E-state index in [1.807, 2.05) is 18.2 Å². The molecule has 0 unspecified atom stereocenters. The van der Waals surface area contributed by atoms with E-state index in [0.717, 1.165) is 5.56 Å². The fraction of sp³-hybridized carbons (Fsp3) is 0.188. The first kappa shape index (κ1) is 15.3. The van der Waals surface area contributed by atoms with Crippen LogP contribution in [0.15, 0.2) is 23.0 Å². The highest BCUT2D eigenvalue weighted by atomic mass is 16.5. The molecule has 6 nitrogen and oxygen atoms in total. The Kier molecular flexibility index (Phi) is 4.59. The molecule has 0 atom stereocenters. The van der Waals surface area contributed by atoms with E-state index in [9.17, 15) is 4.79 Å². The van der Waals surface area contributed by atoms with Gasteiger partial charge in [-0.15, -0.1) is 0 Å². The summed E-state index contributed by atoms with van der Waals surface area (Å²) in [7, 11) is 3.13. The zero-order valence-electron chi connectivity index (χ0n) is 12.5. The van der Waals surface area contributed by atoms with Gasteiger partial charge < -0.3 is 9.47 Å². The molecule has 0 aliphatic rings. The van der Waals surface area contributed by atoms with Crippen LogP contribution >= 0.6 is 0 Å². The molecule has 0 bridgehead atoms. The molecule has 22 heavy (non-hydrogen) atoms. The number of nitrogens with one attached hydrogen (secondary N) is 1. The van der Waals surface area contributed by atoms with Crippen molar-refractivity contribution in [2.45, 2.75) is 6.92 Å². The molecular weight excluding hydrogens is 282 g/mol. The van der Waals surface area contributed by atoms with Crippen molar-refractivity contribution in [3.05, 3.63) is 50.9 Å². The van der Waals surface area contributed by atoms with Gasteiger partial charge in [0.15, 0.2) is 11.5 Å². The molecule has 0 saturated heterocycles. The highest BCUT2D eigenvalue weighted by Gasteiger charge is 2.09. The van der Waals surface area contributed by atoms with Crippen molar-refractivity contribution in [1.29, 1.82) is 5.26 Å². The van der Waals surface area contributed by atoms with Crippen molar-refractivity contribution in [3.8, 4) is 17.6 Å². The average Bonchev–Trinajstić information content (AvgIpc) is 2.54. The Balaban J connectivity index is 2.47. The maximum atomic E-state index is 11.5. The van der Waals surface area contributed by atoms with Crippen molar-refractivity contribution in [2.24, 2.45) is 0 Å². The number of benzene rings is 1. The predicted molar refractivity (Wildman–Crippen MR) is 82.8 cm³/mol. The van der Waals surface area contributed by atoms with Crippen LogP contribution in [0, 0.1) is 18.3 Å². The fourth-order valence-corrected chi connectivity index (χ4v) is 2.06. The van der Waals surface area contributed by atoms with E-state index in [4.69, 9.17) is 14.7 Å². The molecule has 1 N–H and O–H groups in total. The number of rotatable bonds is 4. The fourth-order valence-electron chi connectivity index (χ4n) is 2.06. The zero-order chi connectivity index (χ0) is 16.1. The van der Waals surface area contributed by atoms with Gasteiger partial charge in [0.2, 0.25) is 0 Å². The first-order chi connectivity index (χ1) is 10.6. The Bertz CT molecular complexity index is 816. The van der Waals surface area contributed by atoms with Gasteiger partial charge >= 0.3 is 0 Å². The smallest absolute Gasteiger partial charge is 0.282 e. The number of hydrogen-bond acceptors (Lipinski definition) is 5. The van der Waals surface area contributed by atoms with Gasteiger partial charge in [-0.3, -0.25) is 4.79 Å². The molecule has 2 rings (SSSR count). The molecule has 6 heteroatoms. The summed E-state index contributed by atoms with van der Waals surface area (Å²) < 4.78 is 10.6. The van der Waals surface area contributed by atoms with E-state index in [0.29, 0.717) is 22.8 Å². The minimum absolute atomic E-state index is 0.0623. The lowest BCUT2D eigenvalue weighted by Gasteiger charge is -2.09. The Morgan fingerprint density at radius 2 is 2.05 bits per heavy atom. The van der Waals surface area contributed by atoms with Crippen LogP contribution in [0.2, 0.25) is 0 Å². The molecule has 0 amide bonds. The third-order valence-corrected chi connectivity index (χ3v) is 3.23. The predicted octanol–water partition coefficient (Wildman–Crippen LogP) is 2.14. The Labute approximate surface area is 127 Å². The molecule has 0 saturated carbocycles. The maximum Gasteiger partial charge on any atom is 0.282 e. The minimum atomic E-state index is -0.490. The van der Waals surface area contributed by atoms with Crippen LogP contribution in [-0.2, 0) is 0 Å². The zero-order valence-corrected chi connectivity index (χ0v) is 12.5. The number of aromatic amines is 1. The first-order valence-electron chi connectivity index (χ1n) is 6.50. The molecule has 112 valence electrons. The van der Waals surface area contributed by atoms with E-state index in [1.165, 1.54) is 0 Å². The van der Waals surface area contributed by atoms with E-state index >= 15 is 0 Å². The van der Waals surface area contributed by atoms with Gasteiger partial charge in [0.05, 0.1) is 19.9 Å². The molecule has 0 spiro atoms. The lowest BCUT2D eigenvalue weighted by molar-refractivity contribution is 0.354. The standard InChI is InChI=1S/C16H15N3O3/c1-10-12(9-17)16(20)19-18-13(10)8-7-11-5-4-6-14(21-2)15(11)22-3/h4-8H,1-3H3,(H,19,20)/b8-7+. The quantitative estimate of drug-likeness (QED) is 0.934. The van der Waals surface area contributed by atoms with Crippen LogP contribution < -0.4 is 15.0 Å². The molecule has 0 aliphatic carbocycles. The summed E-state index contributed by atoms with van der Waals surface area (Å²) in [6, 6.07) is 7.39. The molecule has 0 radical (unpaired) electrons. The van der Waals surface area contributed by atoms with Gasteiger partial charge in [-0.2, -0.15) is 10.4 Å². The second-order valence-electron chi connectivity index (χ2n) is 4.47. The summed E-state index contributed by atoms with van der Waals surface area (Å²) in [5.41, 5.74) is 1.42. The van der Waals surface area contributed by atoms with Gasteiger partial charge in [-0.25, -0.2) is 5.10 Å². The number of H-pyrrole nitrogens is 1. The number of methoxy groups -OCH3 is 2. The van der Waals surface area contributed by atoms with E-state index in [-0.39, 0.29) is 5.56 Å². The monoisotopic (exact) mass is 297 g/mol. The summed E-state index contributed by atoms with van der Waals surface area (Å²) in [5, 5.41) is 15.3. The van der Waals surface area contributed by atoms with Crippen LogP contribution in [0.4, 0.5) is 0 Å². The molecular formula is C16H15N3O3. The van der Waals surface area contributed by atoms with Crippen LogP contribution in [0.25, 0.3) is 12.2 Å². The van der Waals surface area contributed by atoms with Crippen LogP contribution in [-0.4, -0.2) is 24.4 Å². The lowest BCUT2D eigenvalue weighted by atomic mass is 10.1. The largest absolute Gasteiger partial charge is 0.493 e. The number of ether oxygens (including phenoxy) is 2. The topological polar surface area (TPSA) is 88.0 Å². The lowest BCUT2D eigenvalue weighted by Crippen LogP contribution is -2.15. The van der Waals surface area contributed by atoms with Gasteiger partial charge in [-0.05, 0) is 30.7 Å². The third kappa shape index (κ3) is 2.83. The van der Waals surface area contributed by atoms with Gasteiger partial charge in [0, 0.05) is 5.56 Å². The van der Waals surface area contributed by atoms with Crippen LogP contribution in [0.5, 0.6) is 11.5 Å².